The number of hydrogen-bond donors (Lipinski definition) is 2. The summed E-state index contributed by atoms with van der Waals surface area (Å²) in [6, 6.07) is 12.8. The van der Waals surface area contributed by atoms with Gasteiger partial charge in [-0.25, -0.2) is 4.90 Å². The third kappa shape index (κ3) is 3.53. The molecule has 3 aliphatic rings. The predicted octanol–water partition coefficient (Wildman–Crippen LogP) is -0.316. The molecular formula is C22H24ClN3O4+2. The van der Waals surface area contributed by atoms with Crippen LogP contribution >= 0.6 is 11.6 Å². The number of para-hydroxylation sites is 1. The quantitative estimate of drug-likeness (QED) is 0.654. The van der Waals surface area contributed by atoms with Gasteiger partial charge in [-0.15, -0.1) is 0 Å². The Kier molecular flexibility index (Phi) is 5.10. The summed E-state index contributed by atoms with van der Waals surface area (Å²) in [6.45, 7) is 4.82. The van der Waals surface area contributed by atoms with Gasteiger partial charge in [0.1, 0.15) is 32.7 Å². The minimum Gasteiger partial charge on any atom is -0.454 e. The van der Waals surface area contributed by atoms with Crippen molar-refractivity contribution in [3.8, 4) is 11.5 Å². The van der Waals surface area contributed by atoms with Crippen LogP contribution in [0.5, 0.6) is 11.5 Å². The van der Waals surface area contributed by atoms with Crippen LogP contribution in [0.2, 0.25) is 5.02 Å². The molecule has 2 aromatic carbocycles. The smallest absolute Gasteiger partial charge is 0.292 e. The number of halogens is 1. The van der Waals surface area contributed by atoms with Gasteiger partial charge in [0, 0.05) is 5.56 Å². The summed E-state index contributed by atoms with van der Waals surface area (Å²) in [5.41, 5.74) is 1.71. The molecule has 1 atom stereocenters. The molecule has 0 aliphatic carbocycles. The lowest BCUT2D eigenvalue weighted by Crippen LogP contribution is -3.29. The SMILES string of the molecule is O=C1C[C@@H]([NH+]2CC[NH+](Cc3ccc4c(c3)OCO4)CC2)C(=O)N1c1ccccc1Cl. The zero-order valence-electron chi connectivity index (χ0n) is 16.5. The number of nitrogens with zero attached hydrogens (tertiary/aromatic N) is 1. The molecule has 0 saturated carbocycles. The molecular weight excluding hydrogens is 406 g/mol. The molecule has 2 fully saturated rings. The molecule has 0 spiro atoms. The number of nitrogens with one attached hydrogen (secondary N) is 2. The minimum atomic E-state index is -0.319. The average Bonchev–Trinajstić information content (AvgIpc) is 3.33. The molecule has 0 aromatic heterocycles. The Balaban J connectivity index is 1.21. The van der Waals surface area contributed by atoms with Crippen LogP contribution in [0.1, 0.15) is 12.0 Å². The number of hydrogen-bond acceptors (Lipinski definition) is 4. The van der Waals surface area contributed by atoms with E-state index >= 15 is 0 Å². The fourth-order valence-corrected chi connectivity index (χ4v) is 4.85. The van der Waals surface area contributed by atoms with Crippen molar-refractivity contribution in [3.63, 3.8) is 0 Å². The molecule has 8 heteroatoms. The summed E-state index contributed by atoms with van der Waals surface area (Å²) in [4.78, 5) is 29.6. The van der Waals surface area contributed by atoms with Crippen molar-refractivity contribution >= 4 is 29.1 Å². The van der Waals surface area contributed by atoms with E-state index in [1.165, 1.54) is 20.3 Å². The molecule has 2 saturated heterocycles. The highest BCUT2D eigenvalue weighted by Gasteiger charge is 2.47. The van der Waals surface area contributed by atoms with Gasteiger partial charge in [-0.1, -0.05) is 23.7 Å². The standard InChI is InChI=1S/C22H22ClN3O4/c23-16-3-1-2-4-17(16)26-21(27)12-18(22(26)28)25-9-7-24(8-10-25)13-15-5-6-19-20(11-15)30-14-29-19/h1-6,11,18H,7-10,12-14H2/p+2/t18-/m1/s1. The van der Waals surface area contributed by atoms with Crippen LogP contribution in [0.25, 0.3) is 0 Å². The molecule has 30 heavy (non-hydrogen) atoms. The highest BCUT2D eigenvalue weighted by atomic mass is 35.5. The average molecular weight is 430 g/mol. The summed E-state index contributed by atoms with van der Waals surface area (Å²) >= 11 is 6.23. The minimum absolute atomic E-state index is 0.137. The maximum atomic E-state index is 13.0. The topological polar surface area (TPSA) is 64.7 Å². The van der Waals surface area contributed by atoms with E-state index in [-0.39, 0.29) is 31.1 Å². The Morgan fingerprint density at radius 3 is 2.57 bits per heavy atom. The number of benzene rings is 2. The highest BCUT2D eigenvalue weighted by molar-refractivity contribution is 6.36. The van der Waals surface area contributed by atoms with Gasteiger partial charge >= 0.3 is 0 Å². The maximum absolute atomic E-state index is 13.0. The molecule has 0 unspecified atom stereocenters. The molecule has 3 heterocycles. The van der Waals surface area contributed by atoms with Gasteiger partial charge in [0.25, 0.3) is 5.91 Å². The fraction of sp³-hybridized carbons (Fsp3) is 0.364. The largest absolute Gasteiger partial charge is 0.454 e. The second-order valence-electron chi connectivity index (χ2n) is 8.05. The van der Waals surface area contributed by atoms with E-state index in [0.29, 0.717) is 10.7 Å². The van der Waals surface area contributed by atoms with Crippen LogP contribution in [0.3, 0.4) is 0 Å². The van der Waals surface area contributed by atoms with E-state index < -0.39 is 0 Å². The highest BCUT2D eigenvalue weighted by Crippen LogP contribution is 2.32. The van der Waals surface area contributed by atoms with Crippen LogP contribution in [0.15, 0.2) is 42.5 Å². The molecule has 5 rings (SSSR count). The lowest BCUT2D eigenvalue weighted by atomic mass is 10.1. The Morgan fingerprint density at radius 2 is 1.77 bits per heavy atom. The summed E-state index contributed by atoms with van der Waals surface area (Å²) in [7, 11) is 0. The number of carbonyl (C=O) groups is 2. The first-order chi connectivity index (χ1) is 14.6. The lowest BCUT2D eigenvalue weighted by molar-refractivity contribution is -1.02. The Bertz CT molecular complexity index is 990. The van der Waals surface area contributed by atoms with Crippen LogP contribution in [0.4, 0.5) is 5.69 Å². The second-order valence-corrected chi connectivity index (χ2v) is 8.46. The zero-order valence-corrected chi connectivity index (χ0v) is 17.3. The second kappa shape index (κ2) is 7.91. The van der Waals surface area contributed by atoms with E-state index in [1.807, 2.05) is 6.07 Å². The van der Waals surface area contributed by atoms with Gasteiger partial charge in [-0.05, 0) is 30.3 Å². The predicted molar refractivity (Wildman–Crippen MR) is 110 cm³/mol. The first-order valence-corrected chi connectivity index (χ1v) is 10.7. The van der Waals surface area contributed by atoms with Gasteiger partial charge in [0.2, 0.25) is 12.7 Å². The van der Waals surface area contributed by atoms with Crippen LogP contribution in [-0.4, -0.2) is 50.8 Å². The van der Waals surface area contributed by atoms with Gasteiger partial charge in [-0.2, -0.15) is 0 Å². The van der Waals surface area contributed by atoms with E-state index in [0.717, 1.165) is 44.2 Å². The van der Waals surface area contributed by atoms with Gasteiger partial charge in [-0.3, -0.25) is 9.59 Å². The molecule has 0 radical (unpaired) electrons. The number of imide groups is 1. The van der Waals surface area contributed by atoms with E-state index in [9.17, 15) is 9.59 Å². The summed E-state index contributed by atoms with van der Waals surface area (Å²) in [5.74, 6) is 1.31. The maximum Gasteiger partial charge on any atom is 0.292 e. The van der Waals surface area contributed by atoms with Crippen molar-refractivity contribution in [1.29, 1.82) is 0 Å². The molecule has 156 valence electrons. The van der Waals surface area contributed by atoms with Gasteiger partial charge in [0.05, 0.1) is 17.1 Å². The summed E-state index contributed by atoms with van der Waals surface area (Å²) < 4.78 is 10.8. The van der Waals surface area contributed by atoms with Gasteiger partial charge < -0.3 is 19.3 Å². The zero-order chi connectivity index (χ0) is 20.7. The molecule has 3 aliphatic heterocycles. The third-order valence-electron chi connectivity index (χ3n) is 6.22. The van der Waals surface area contributed by atoms with Crippen LogP contribution in [0, 0.1) is 0 Å². The molecule has 2 N–H and O–H groups in total. The Hall–Kier alpha value is -2.61. The van der Waals surface area contributed by atoms with E-state index in [4.69, 9.17) is 21.1 Å². The van der Waals surface area contributed by atoms with Gasteiger partial charge in [0.15, 0.2) is 17.5 Å². The van der Waals surface area contributed by atoms with Crippen molar-refractivity contribution < 1.29 is 28.9 Å². The van der Waals surface area contributed by atoms with Crippen molar-refractivity contribution in [2.45, 2.75) is 19.0 Å². The molecule has 2 amide bonds. The number of fused-ring (bicyclic) bond motifs is 1. The number of quaternary nitrogens is 2. The number of carbonyl (C=O) groups excluding carboxylic acids is 2. The molecule has 7 nitrogen and oxygen atoms in total. The van der Waals surface area contributed by atoms with Crippen molar-refractivity contribution in [2.24, 2.45) is 0 Å². The van der Waals surface area contributed by atoms with Crippen molar-refractivity contribution in [1.82, 2.24) is 0 Å². The summed E-state index contributed by atoms with van der Waals surface area (Å²) in [6.07, 6.45) is 0.247. The van der Waals surface area contributed by atoms with E-state index in [2.05, 4.69) is 12.1 Å². The number of amides is 2. The van der Waals surface area contributed by atoms with Crippen LogP contribution in [-0.2, 0) is 16.1 Å². The van der Waals surface area contributed by atoms with Crippen molar-refractivity contribution in [3.05, 3.63) is 53.1 Å². The Labute approximate surface area is 179 Å². The van der Waals surface area contributed by atoms with E-state index in [1.54, 1.807) is 24.3 Å². The Morgan fingerprint density at radius 1 is 1.00 bits per heavy atom. The summed E-state index contributed by atoms with van der Waals surface area (Å²) in [5, 5.41) is 0.424. The number of rotatable bonds is 4. The fourth-order valence-electron chi connectivity index (χ4n) is 4.63. The number of ether oxygens (including phenoxy) is 2. The first kappa shape index (κ1) is 19.4. The van der Waals surface area contributed by atoms with Crippen LogP contribution < -0.4 is 24.2 Å². The first-order valence-electron chi connectivity index (χ1n) is 10.3. The lowest BCUT2D eigenvalue weighted by Gasteiger charge is -2.32. The normalized spacial score (nSPS) is 25.8. The molecule has 2 aromatic rings. The monoisotopic (exact) mass is 429 g/mol. The molecule has 0 bridgehead atoms. The number of anilines is 1. The van der Waals surface area contributed by atoms with Crippen molar-refractivity contribution in [2.75, 3.05) is 37.9 Å². The number of piperazine rings is 1. The third-order valence-corrected chi connectivity index (χ3v) is 6.54.